The average Bonchev–Trinajstić information content (AvgIpc) is 1.99. The van der Waals surface area contributed by atoms with Gasteiger partial charge in [-0.15, -0.1) is 0 Å². The van der Waals surface area contributed by atoms with Gasteiger partial charge in [0.25, 0.3) is 0 Å². The molecule has 0 N–H and O–H groups in total. The molecule has 3 heteroatoms. The largest absolute Gasteiger partial charge is 0.358 e. The van der Waals surface area contributed by atoms with Crippen molar-refractivity contribution >= 4 is 5.84 Å². The summed E-state index contributed by atoms with van der Waals surface area (Å²) in [6.07, 6.45) is 1.58. The number of hydrogen-bond acceptors (Lipinski definition) is 1. The van der Waals surface area contributed by atoms with Crippen LogP contribution in [0.15, 0.2) is 17.8 Å². The van der Waals surface area contributed by atoms with Crippen molar-refractivity contribution in [3.05, 3.63) is 12.8 Å². The summed E-state index contributed by atoms with van der Waals surface area (Å²) in [5, 5.41) is 0. The molecular formula is C10H22N3+. The summed E-state index contributed by atoms with van der Waals surface area (Å²) in [5.41, 5.74) is 0. The lowest BCUT2D eigenvalue weighted by molar-refractivity contribution is -0.869. The number of hydrogen-bond donors (Lipinski definition) is 0. The molecule has 0 amide bonds. The minimum absolute atomic E-state index is 0.978. The molecule has 0 aromatic carbocycles. The van der Waals surface area contributed by atoms with Crippen LogP contribution in [0.4, 0.5) is 0 Å². The van der Waals surface area contributed by atoms with Crippen molar-refractivity contribution < 1.29 is 4.48 Å². The summed E-state index contributed by atoms with van der Waals surface area (Å²) in [7, 11) is 8.62. The van der Waals surface area contributed by atoms with E-state index in [2.05, 4.69) is 44.7 Å². The fourth-order valence-electron chi connectivity index (χ4n) is 0.842. The summed E-state index contributed by atoms with van der Waals surface area (Å²) in [6.45, 7) is 7.70. The third-order valence-electron chi connectivity index (χ3n) is 1.94. The highest BCUT2D eigenvalue weighted by Gasteiger charge is 2.08. The molecule has 0 aliphatic rings. The highest BCUT2D eigenvalue weighted by atomic mass is 15.3. The van der Waals surface area contributed by atoms with E-state index in [4.69, 9.17) is 0 Å². The zero-order valence-electron chi connectivity index (χ0n) is 9.54. The van der Waals surface area contributed by atoms with E-state index in [0.717, 1.165) is 23.4 Å². The van der Waals surface area contributed by atoms with E-state index in [9.17, 15) is 0 Å². The van der Waals surface area contributed by atoms with Crippen LogP contribution in [0, 0.1) is 0 Å². The maximum atomic E-state index is 4.12. The Balaban J connectivity index is 3.94. The molecule has 0 aromatic heterocycles. The van der Waals surface area contributed by atoms with Gasteiger partial charge in [-0.1, -0.05) is 6.58 Å². The van der Waals surface area contributed by atoms with Gasteiger partial charge in [0.15, 0.2) is 0 Å². The van der Waals surface area contributed by atoms with Crippen molar-refractivity contribution in [1.29, 1.82) is 0 Å². The van der Waals surface area contributed by atoms with Gasteiger partial charge in [0.05, 0.1) is 34.2 Å². The number of nitrogens with zero attached hydrogens (tertiary/aromatic N) is 3. The van der Waals surface area contributed by atoms with Crippen molar-refractivity contribution in [2.75, 3.05) is 41.3 Å². The van der Waals surface area contributed by atoms with Crippen LogP contribution in [0.3, 0.4) is 0 Å². The first-order chi connectivity index (χ1) is 5.87. The van der Waals surface area contributed by atoms with Gasteiger partial charge in [-0.3, -0.25) is 0 Å². The molecule has 0 aliphatic heterocycles. The van der Waals surface area contributed by atoms with Gasteiger partial charge in [-0.2, -0.15) is 0 Å². The quantitative estimate of drug-likeness (QED) is 0.364. The van der Waals surface area contributed by atoms with E-state index in [1.807, 2.05) is 6.92 Å². The Morgan fingerprint density at radius 2 is 2.00 bits per heavy atom. The number of quaternary nitrogens is 1. The normalized spacial score (nSPS) is 12.8. The van der Waals surface area contributed by atoms with Gasteiger partial charge in [0.1, 0.15) is 5.84 Å². The second kappa shape index (κ2) is 5.02. The van der Waals surface area contributed by atoms with Crippen LogP contribution in [0.2, 0.25) is 0 Å². The van der Waals surface area contributed by atoms with E-state index < -0.39 is 0 Å². The molecule has 76 valence electrons. The number of likely N-dealkylation sites (N-methyl/N-ethyl adjacent to an activating group) is 2. The van der Waals surface area contributed by atoms with Crippen molar-refractivity contribution in [2.45, 2.75) is 6.92 Å². The van der Waals surface area contributed by atoms with E-state index in [-0.39, 0.29) is 0 Å². The van der Waals surface area contributed by atoms with Crippen LogP contribution in [0.5, 0.6) is 0 Å². The lowest BCUT2D eigenvalue weighted by Gasteiger charge is -2.27. The molecule has 0 heterocycles. The maximum absolute atomic E-state index is 4.12. The predicted octanol–water partition coefficient (Wildman–Crippen LogP) is 1.19. The number of amidine groups is 1. The highest BCUT2D eigenvalue weighted by molar-refractivity contribution is 5.79. The van der Waals surface area contributed by atoms with Gasteiger partial charge in [0.2, 0.25) is 0 Å². The zero-order chi connectivity index (χ0) is 10.5. The third-order valence-corrected chi connectivity index (χ3v) is 1.94. The molecule has 0 aromatic rings. The summed E-state index contributed by atoms with van der Waals surface area (Å²) >= 11 is 0. The second-order valence-electron chi connectivity index (χ2n) is 4.29. The molecule has 0 bridgehead atoms. The lowest BCUT2D eigenvalue weighted by atomic mass is 10.4. The lowest BCUT2D eigenvalue weighted by Crippen LogP contribution is -2.42. The molecule has 0 atom stereocenters. The topological polar surface area (TPSA) is 15.6 Å². The van der Waals surface area contributed by atoms with Crippen molar-refractivity contribution in [2.24, 2.45) is 4.99 Å². The average molecular weight is 184 g/mol. The standard InChI is InChI=1S/C10H22N3/c1-7-11-10(2)12(3)8-9-13(4,5)6/h7H,1,8-9H2,2-6H3/q+1/b11-10+. The molecule has 3 nitrogen and oxygen atoms in total. The molecule has 0 saturated heterocycles. The Kier molecular flexibility index (Phi) is 4.70. The van der Waals surface area contributed by atoms with Gasteiger partial charge in [0, 0.05) is 13.2 Å². The van der Waals surface area contributed by atoms with Crippen LogP contribution < -0.4 is 0 Å². The van der Waals surface area contributed by atoms with Crippen LogP contribution in [0.25, 0.3) is 0 Å². The molecule has 0 aliphatic carbocycles. The molecule has 0 unspecified atom stereocenters. The number of rotatable bonds is 4. The third kappa shape index (κ3) is 6.34. The summed E-state index contributed by atoms with van der Waals surface area (Å²) in [6, 6.07) is 0. The van der Waals surface area contributed by atoms with Gasteiger partial charge in [-0.05, 0) is 6.92 Å². The Bertz CT molecular complexity index is 189. The van der Waals surface area contributed by atoms with E-state index in [0.29, 0.717) is 0 Å². The van der Waals surface area contributed by atoms with E-state index >= 15 is 0 Å². The number of aliphatic imine (C=N–C) groups is 1. The first-order valence-corrected chi connectivity index (χ1v) is 4.53. The zero-order valence-corrected chi connectivity index (χ0v) is 9.54. The van der Waals surface area contributed by atoms with Crippen molar-refractivity contribution in [1.82, 2.24) is 4.90 Å². The molecule has 13 heavy (non-hydrogen) atoms. The molecule has 0 rings (SSSR count). The SMILES string of the molecule is C=C/N=C(\C)N(C)CC[N+](C)(C)C. The molecular weight excluding hydrogens is 162 g/mol. The van der Waals surface area contributed by atoms with Gasteiger partial charge in [-0.25, -0.2) is 4.99 Å². The van der Waals surface area contributed by atoms with Crippen LogP contribution in [0.1, 0.15) is 6.92 Å². The summed E-state index contributed by atoms with van der Waals surface area (Å²) < 4.78 is 0.978. The Morgan fingerprint density at radius 1 is 1.46 bits per heavy atom. The molecule has 0 radical (unpaired) electrons. The maximum Gasteiger partial charge on any atom is 0.101 e. The molecule has 0 spiro atoms. The Hall–Kier alpha value is -0.830. The molecule has 0 saturated carbocycles. The molecule has 0 fully saturated rings. The fraction of sp³-hybridized carbons (Fsp3) is 0.700. The Labute approximate surface area is 82.0 Å². The van der Waals surface area contributed by atoms with Gasteiger partial charge >= 0.3 is 0 Å². The first-order valence-electron chi connectivity index (χ1n) is 4.53. The van der Waals surface area contributed by atoms with Crippen LogP contribution in [-0.4, -0.2) is 56.5 Å². The van der Waals surface area contributed by atoms with Gasteiger partial charge < -0.3 is 9.38 Å². The van der Waals surface area contributed by atoms with Crippen molar-refractivity contribution in [3.63, 3.8) is 0 Å². The summed E-state index contributed by atoms with van der Waals surface area (Å²) in [4.78, 5) is 6.27. The smallest absolute Gasteiger partial charge is 0.101 e. The van der Waals surface area contributed by atoms with Crippen LogP contribution in [-0.2, 0) is 0 Å². The van der Waals surface area contributed by atoms with E-state index in [1.165, 1.54) is 0 Å². The minimum atomic E-state index is 0.978. The Morgan fingerprint density at radius 3 is 2.38 bits per heavy atom. The first kappa shape index (κ1) is 12.2. The predicted molar refractivity (Wildman–Crippen MR) is 58.8 cm³/mol. The van der Waals surface area contributed by atoms with E-state index in [1.54, 1.807) is 6.20 Å². The second-order valence-corrected chi connectivity index (χ2v) is 4.29. The highest BCUT2D eigenvalue weighted by Crippen LogP contribution is 1.93. The monoisotopic (exact) mass is 184 g/mol. The summed E-state index contributed by atoms with van der Waals surface area (Å²) in [5.74, 6) is 1.02. The minimum Gasteiger partial charge on any atom is -0.358 e. The fourth-order valence-corrected chi connectivity index (χ4v) is 0.842. The van der Waals surface area contributed by atoms with Crippen molar-refractivity contribution in [3.8, 4) is 0 Å². The van der Waals surface area contributed by atoms with Crippen LogP contribution >= 0.6 is 0 Å².